The number of nitrogens with zero attached hydrogens (tertiary/aromatic N) is 5. The molecule has 0 unspecified atom stereocenters. The molecule has 0 saturated carbocycles. The van der Waals surface area contributed by atoms with Crippen molar-refractivity contribution in [2.45, 2.75) is 26.8 Å². The molecule has 4 rings (SSSR count). The number of benzene rings is 1. The van der Waals surface area contributed by atoms with Gasteiger partial charge in [-0.2, -0.15) is 5.10 Å². The van der Waals surface area contributed by atoms with E-state index in [0.29, 0.717) is 28.7 Å². The lowest BCUT2D eigenvalue weighted by Crippen LogP contribution is -2.33. The Kier molecular flexibility index (Phi) is 6.09. The van der Waals surface area contributed by atoms with Gasteiger partial charge in [-0.25, -0.2) is 4.98 Å². The molecular formula is C23H25N5O3S. The number of methoxy groups -OCH3 is 1. The van der Waals surface area contributed by atoms with E-state index in [1.807, 2.05) is 61.3 Å². The molecule has 1 aromatic carbocycles. The Balaban J connectivity index is 1.75. The number of rotatable bonds is 8. The van der Waals surface area contributed by atoms with Gasteiger partial charge < -0.3 is 9.30 Å². The topological polar surface area (TPSA) is 82.2 Å². The van der Waals surface area contributed by atoms with Crippen LogP contribution in [0.4, 0.5) is 5.13 Å². The molecule has 0 aliphatic carbocycles. The molecule has 3 aromatic heterocycles. The molecule has 0 aliphatic rings. The van der Waals surface area contributed by atoms with Crippen LogP contribution in [0, 0.1) is 6.92 Å². The zero-order chi connectivity index (χ0) is 22.8. The third-order valence-electron chi connectivity index (χ3n) is 5.48. The second kappa shape index (κ2) is 8.96. The first kappa shape index (κ1) is 21.8. The van der Waals surface area contributed by atoms with Crippen molar-refractivity contribution in [1.82, 2.24) is 19.3 Å². The Morgan fingerprint density at radius 1 is 1.25 bits per heavy atom. The van der Waals surface area contributed by atoms with Gasteiger partial charge in [0.25, 0.3) is 0 Å². The summed E-state index contributed by atoms with van der Waals surface area (Å²) in [5, 5.41) is 7.64. The van der Waals surface area contributed by atoms with Crippen LogP contribution in [0.3, 0.4) is 0 Å². The summed E-state index contributed by atoms with van der Waals surface area (Å²) in [6.45, 7) is 4.41. The zero-order valence-corrected chi connectivity index (χ0v) is 19.3. The molecule has 0 saturated heterocycles. The summed E-state index contributed by atoms with van der Waals surface area (Å²) in [4.78, 5) is 32.4. The summed E-state index contributed by atoms with van der Waals surface area (Å²) in [7, 11) is 3.42. The minimum Gasteiger partial charge on any atom is -0.497 e. The maximum Gasteiger partial charge on any atom is 0.248 e. The van der Waals surface area contributed by atoms with Gasteiger partial charge in [-0.1, -0.05) is 0 Å². The van der Waals surface area contributed by atoms with Crippen LogP contribution in [-0.2, 0) is 24.8 Å². The number of fused-ring (bicyclic) bond motifs is 1. The molecule has 0 fully saturated rings. The van der Waals surface area contributed by atoms with Gasteiger partial charge >= 0.3 is 0 Å². The highest BCUT2D eigenvalue weighted by Gasteiger charge is 2.24. The minimum atomic E-state index is -0.0889. The fourth-order valence-electron chi connectivity index (χ4n) is 3.94. The van der Waals surface area contributed by atoms with Crippen molar-refractivity contribution in [2.75, 3.05) is 18.6 Å². The van der Waals surface area contributed by atoms with Gasteiger partial charge in [-0.3, -0.25) is 19.2 Å². The number of aromatic nitrogens is 4. The number of ether oxygens (including phenoxy) is 1. The average Bonchev–Trinajstić information content (AvgIpc) is 3.50. The molecule has 0 N–H and O–H groups in total. The Morgan fingerprint density at radius 2 is 2.06 bits per heavy atom. The zero-order valence-electron chi connectivity index (χ0n) is 18.5. The van der Waals surface area contributed by atoms with Crippen LogP contribution in [0.5, 0.6) is 5.75 Å². The van der Waals surface area contributed by atoms with Gasteiger partial charge in [0.1, 0.15) is 12.3 Å². The van der Waals surface area contributed by atoms with E-state index in [-0.39, 0.29) is 24.7 Å². The third-order valence-corrected chi connectivity index (χ3v) is 6.28. The summed E-state index contributed by atoms with van der Waals surface area (Å²) in [5.74, 6) is 0.545. The maximum atomic E-state index is 13.3. The van der Waals surface area contributed by atoms with Crippen LogP contribution >= 0.6 is 11.3 Å². The first-order valence-corrected chi connectivity index (χ1v) is 11.2. The number of amides is 1. The lowest BCUT2D eigenvalue weighted by atomic mass is 10.0. The van der Waals surface area contributed by atoms with E-state index in [4.69, 9.17) is 4.74 Å². The van der Waals surface area contributed by atoms with E-state index < -0.39 is 0 Å². The number of Topliss-reactive ketones (excluding diaryl/α,β-unsaturated/α-hetero) is 1. The predicted molar refractivity (Wildman–Crippen MR) is 125 cm³/mol. The fourth-order valence-corrected chi connectivity index (χ4v) is 4.66. The number of aryl methyl sites for hydroxylation is 1. The highest BCUT2D eigenvalue weighted by atomic mass is 32.1. The van der Waals surface area contributed by atoms with Crippen LogP contribution in [0.2, 0.25) is 0 Å². The van der Waals surface area contributed by atoms with Gasteiger partial charge in [0, 0.05) is 54.1 Å². The first-order chi connectivity index (χ1) is 15.4. The summed E-state index contributed by atoms with van der Waals surface area (Å²) in [6, 6.07) is 7.42. The Labute approximate surface area is 190 Å². The summed E-state index contributed by atoms with van der Waals surface area (Å²) in [5.41, 5.74) is 2.86. The van der Waals surface area contributed by atoms with E-state index in [0.717, 1.165) is 16.6 Å². The van der Waals surface area contributed by atoms with Gasteiger partial charge in [0.2, 0.25) is 5.91 Å². The van der Waals surface area contributed by atoms with Gasteiger partial charge in [0.05, 0.1) is 24.7 Å². The number of carbonyl (C=O) groups is 2. The molecule has 166 valence electrons. The fraction of sp³-hybridized carbons (Fsp3) is 0.304. The number of anilines is 1. The molecular weight excluding hydrogens is 426 g/mol. The van der Waals surface area contributed by atoms with E-state index >= 15 is 0 Å². The first-order valence-electron chi connectivity index (χ1n) is 10.3. The van der Waals surface area contributed by atoms with Crippen molar-refractivity contribution >= 4 is 39.1 Å². The summed E-state index contributed by atoms with van der Waals surface area (Å²) in [6.07, 6.45) is 3.70. The Hall–Kier alpha value is -3.46. The normalized spacial score (nSPS) is 11.1. The van der Waals surface area contributed by atoms with Gasteiger partial charge in [0.15, 0.2) is 10.9 Å². The monoisotopic (exact) mass is 451 g/mol. The van der Waals surface area contributed by atoms with Gasteiger partial charge in [-0.15, -0.1) is 11.3 Å². The number of hydrogen-bond donors (Lipinski definition) is 0. The highest BCUT2D eigenvalue weighted by Crippen LogP contribution is 2.31. The number of thiazole rings is 1. The molecule has 32 heavy (non-hydrogen) atoms. The van der Waals surface area contributed by atoms with Crippen molar-refractivity contribution in [3.63, 3.8) is 0 Å². The number of hydrogen-bond acceptors (Lipinski definition) is 6. The van der Waals surface area contributed by atoms with E-state index in [1.165, 1.54) is 11.3 Å². The van der Waals surface area contributed by atoms with E-state index in [2.05, 4.69) is 10.1 Å². The van der Waals surface area contributed by atoms with Crippen molar-refractivity contribution in [3.05, 3.63) is 59.0 Å². The third kappa shape index (κ3) is 4.03. The molecule has 0 atom stereocenters. The van der Waals surface area contributed by atoms with Crippen molar-refractivity contribution < 1.29 is 14.3 Å². The Bertz CT molecular complexity index is 1270. The second-order valence-corrected chi connectivity index (χ2v) is 8.34. The lowest BCUT2D eigenvalue weighted by Gasteiger charge is -2.19. The van der Waals surface area contributed by atoms with E-state index in [9.17, 15) is 9.59 Å². The Morgan fingerprint density at radius 3 is 2.69 bits per heavy atom. The summed E-state index contributed by atoms with van der Waals surface area (Å²) >= 11 is 1.42. The molecule has 4 aromatic rings. The summed E-state index contributed by atoms with van der Waals surface area (Å²) < 4.78 is 8.97. The number of carbonyl (C=O) groups excluding carboxylic acids is 2. The van der Waals surface area contributed by atoms with Crippen LogP contribution in [0.1, 0.15) is 28.7 Å². The molecule has 0 spiro atoms. The van der Waals surface area contributed by atoms with Crippen LogP contribution in [0.25, 0.3) is 10.9 Å². The molecule has 0 radical (unpaired) electrons. The molecule has 1 amide bonds. The molecule has 9 heteroatoms. The van der Waals surface area contributed by atoms with Crippen molar-refractivity contribution in [2.24, 2.45) is 7.05 Å². The number of likely N-dealkylation sites (N-methyl/N-ethyl adjacent to an activating group) is 1. The largest absolute Gasteiger partial charge is 0.497 e. The SMILES string of the molecule is CCN(C(=O)Cn1c(C)c(C(=O)Cc2ccn(C)n2)c2ccc(OC)cc21)c1nccs1. The molecule has 0 aliphatic heterocycles. The van der Waals surface area contributed by atoms with Gasteiger partial charge in [-0.05, 0) is 32.0 Å². The van der Waals surface area contributed by atoms with Crippen LogP contribution < -0.4 is 9.64 Å². The maximum absolute atomic E-state index is 13.3. The average molecular weight is 452 g/mol. The molecule has 0 bridgehead atoms. The predicted octanol–water partition coefficient (Wildman–Crippen LogP) is 3.63. The highest BCUT2D eigenvalue weighted by molar-refractivity contribution is 7.13. The lowest BCUT2D eigenvalue weighted by molar-refractivity contribution is -0.119. The van der Waals surface area contributed by atoms with Crippen molar-refractivity contribution in [3.8, 4) is 5.75 Å². The second-order valence-electron chi connectivity index (χ2n) is 7.46. The smallest absolute Gasteiger partial charge is 0.248 e. The minimum absolute atomic E-state index is 0.0326. The molecule has 8 nitrogen and oxygen atoms in total. The number of ketones is 1. The van der Waals surface area contributed by atoms with E-state index in [1.54, 1.807) is 22.9 Å². The molecule has 3 heterocycles. The van der Waals surface area contributed by atoms with Crippen LogP contribution in [-0.4, -0.2) is 44.7 Å². The van der Waals surface area contributed by atoms with Crippen LogP contribution in [0.15, 0.2) is 42.0 Å². The van der Waals surface area contributed by atoms with Crippen molar-refractivity contribution in [1.29, 1.82) is 0 Å². The standard InChI is InChI=1S/C23H25N5O3S/c1-5-27(23-24-9-11-32-23)21(30)14-28-15(2)22(18-7-6-17(31-4)13-19(18)28)20(29)12-16-8-10-26(3)25-16/h6-11,13H,5,12,14H2,1-4H3. The quantitative estimate of drug-likeness (QED) is 0.382.